The van der Waals surface area contributed by atoms with Crippen molar-refractivity contribution in [3.05, 3.63) is 194 Å². The quantitative estimate of drug-likeness (QED) is 0.178. The fourth-order valence-electron chi connectivity index (χ4n) is 7.85. The van der Waals surface area contributed by atoms with Crippen molar-refractivity contribution in [1.29, 1.82) is 0 Å². The number of fused-ring (bicyclic) bond motifs is 7. The fraction of sp³-hybridized carbons (Fsp3) is 0. The van der Waals surface area contributed by atoms with E-state index in [2.05, 4.69) is 203 Å². The molecule has 0 aliphatic heterocycles. The van der Waals surface area contributed by atoms with Crippen LogP contribution in [0.4, 0.5) is 0 Å². The minimum atomic E-state index is 1.15. The molecule has 50 heavy (non-hydrogen) atoms. The molecule has 234 valence electrons. The molecule has 0 N–H and O–H groups in total. The summed E-state index contributed by atoms with van der Waals surface area (Å²) >= 11 is 0. The predicted molar refractivity (Wildman–Crippen MR) is 211 cm³/mol. The average molecular weight is 637 g/mol. The van der Waals surface area contributed by atoms with E-state index in [-0.39, 0.29) is 0 Å². The first-order valence-corrected chi connectivity index (χ1v) is 17.2. The molecule has 2 heterocycles. The molecule has 0 unspecified atom stereocenters. The lowest BCUT2D eigenvalue weighted by atomic mass is 9.99. The highest BCUT2D eigenvalue weighted by atomic mass is 15.0. The molecule has 0 saturated heterocycles. The van der Waals surface area contributed by atoms with Gasteiger partial charge in [0.1, 0.15) is 0 Å². The van der Waals surface area contributed by atoms with Crippen molar-refractivity contribution in [3.63, 3.8) is 0 Å². The highest BCUT2D eigenvalue weighted by Gasteiger charge is 2.21. The van der Waals surface area contributed by atoms with Crippen LogP contribution in [0.5, 0.6) is 0 Å². The van der Waals surface area contributed by atoms with Gasteiger partial charge in [0.2, 0.25) is 0 Å². The van der Waals surface area contributed by atoms with Crippen LogP contribution >= 0.6 is 0 Å². The Morgan fingerprint density at radius 2 is 0.680 bits per heavy atom. The Labute approximate surface area is 290 Å². The molecule has 0 aliphatic rings. The molecule has 0 amide bonds. The van der Waals surface area contributed by atoms with Crippen LogP contribution in [0.3, 0.4) is 0 Å². The van der Waals surface area contributed by atoms with E-state index < -0.39 is 0 Å². The fourth-order valence-corrected chi connectivity index (χ4v) is 7.85. The van der Waals surface area contributed by atoms with E-state index in [1.54, 1.807) is 0 Å². The van der Waals surface area contributed by atoms with Crippen molar-refractivity contribution >= 4 is 43.6 Å². The van der Waals surface area contributed by atoms with Crippen LogP contribution in [0.25, 0.3) is 88.4 Å². The Kier molecular flexibility index (Phi) is 6.53. The van der Waals surface area contributed by atoms with Gasteiger partial charge in [0, 0.05) is 32.9 Å². The summed E-state index contributed by atoms with van der Waals surface area (Å²) in [6, 6.07) is 70.3. The molecule has 0 atom stereocenters. The minimum Gasteiger partial charge on any atom is -0.309 e. The van der Waals surface area contributed by atoms with Gasteiger partial charge in [-0.15, -0.1) is 0 Å². The molecule has 2 heteroatoms. The van der Waals surface area contributed by atoms with E-state index in [0.29, 0.717) is 0 Å². The highest BCUT2D eigenvalue weighted by molar-refractivity contribution is 6.29. The summed E-state index contributed by atoms with van der Waals surface area (Å²) in [5, 5.41) is 5.06. The number of rotatable bonds is 5. The van der Waals surface area contributed by atoms with Crippen LogP contribution < -0.4 is 0 Å². The second-order valence-corrected chi connectivity index (χ2v) is 13.0. The first-order chi connectivity index (χ1) is 24.8. The zero-order chi connectivity index (χ0) is 33.0. The van der Waals surface area contributed by atoms with Crippen molar-refractivity contribution < 1.29 is 0 Å². The third kappa shape index (κ3) is 4.50. The van der Waals surface area contributed by atoms with Gasteiger partial charge in [-0.05, 0) is 94.0 Å². The normalized spacial score (nSPS) is 11.6. The summed E-state index contributed by atoms with van der Waals surface area (Å²) in [6.07, 6.45) is 0. The standard InChI is InChI=1S/C48H32N2/c1-4-14-33(15-5-1)35-18-12-19-36(30-35)37-20-13-23-40(31-37)50-43-25-11-10-24-41(43)47-45(50)28-29-46-48(47)42-32-38(34-16-6-2-7-17-34)26-27-44(42)49(46)39-21-8-3-9-22-39/h1-32H. The Hall–Kier alpha value is -6.64. The maximum atomic E-state index is 2.45. The molecule has 0 spiro atoms. The number of para-hydroxylation sites is 2. The van der Waals surface area contributed by atoms with Gasteiger partial charge in [0.15, 0.2) is 0 Å². The maximum absolute atomic E-state index is 2.45. The van der Waals surface area contributed by atoms with Gasteiger partial charge in [-0.2, -0.15) is 0 Å². The first-order valence-electron chi connectivity index (χ1n) is 17.2. The van der Waals surface area contributed by atoms with Gasteiger partial charge >= 0.3 is 0 Å². The lowest BCUT2D eigenvalue weighted by Crippen LogP contribution is -1.95. The van der Waals surface area contributed by atoms with Gasteiger partial charge in [-0.1, -0.05) is 133 Å². The van der Waals surface area contributed by atoms with Crippen molar-refractivity contribution in [3.8, 4) is 44.8 Å². The van der Waals surface area contributed by atoms with Gasteiger partial charge in [-0.25, -0.2) is 0 Å². The number of hydrogen-bond donors (Lipinski definition) is 0. The summed E-state index contributed by atoms with van der Waals surface area (Å²) in [5.74, 6) is 0. The SMILES string of the molecule is c1ccc(-c2cccc(-c3cccc(-n4c5ccccc5c5c6c7cc(-c8ccccc8)ccc7n(-c7ccccc7)c6ccc54)c3)c2)cc1. The summed E-state index contributed by atoms with van der Waals surface area (Å²) in [5.41, 5.74) is 14.4. The van der Waals surface area contributed by atoms with Gasteiger partial charge in [0.25, 0.3) is 0 Å². The molecule has 0 saturated carbocycles. The second-order valence-electron chi connectivity index (χ2n) is 13.0. The Morgan fingerprint density at radius 1 is 0.240 bits per heavy atom. The highest BCUT2D eigenvalue weighted by Crippen LogP contribution is 2.43. The molecule has 0 aliphatic carbocycles. The Bertz CT molecular complexity index is 2840. The molecule has 0 fully saturated rings. The van der Waals surface area contributed by atoms with E-state index in [1.165, 1.54) is 77.0 Å². The minimum absolute atomic E-state index is 1.15. The van der Waals surface area contributed by atoms with Crippen LogP contribution in [0.2, 0.25) is 0 Å². The van der Waals surface area contributed by atoms with E-state index >= 15 is 0 Å². The third-order valence-electron chi connectivity index (χ3n) is 10.1. The first kappa shape index (κ1) is 28.4. The second kappa shape index (κ2) is 11.5. The van der Waals surface area contributed by atoms with Crippen LogP contribution in [0, 0.1) is 0 Å². The predicted octanol–water partition coefficient (Wildman–Crippen LogP) is 12.9. The lowest BCUT2D eigenvalue weighted by Gasteiger charge is -2.12. The number of benzene rings is 8. The van der Waals surface area contributed by atoms with Crippen molar-refractivity contribution in [2.75, 3.05) is 0 Å². The zero-order valence-corrected chi connectivity index (χ0v) is 27.4. The van der Waals surface area contributed by atoms with E-state index in [1.807, 2.05) is 0 Å². The van der Waals surface area contributed by atoms with Gasteiger partial charge in [0.05, 0.1) is 22.1 Å². The zero-order valence-electron chi connectivity index (χ0n) is 27.4. The molecule has 2 aromatic heterocycles. The largest absolute Gasteiger partial charge is 0.309 e. The number of nitrogens with zero attached hydrogens (tertiary/aromatic N) is 2. The van der Waals surface area contributed by atoms with Crippen LogP contribution in [-0.2, 0) is 0 Å². The third-order valence-corrected chi connectivity index (χ3v) is 10.1. The molecular weight excluding hydrogens is 605 g/mol. The number of aromatic nitrogens is 2. The summed E-state index contributed by atoms with van der Waals surface area (Å²) in [7, 11) is 0. The summed E-state index contributed by atoms with van der Waals surface area (Å²) in [6.45, 7) is 0. The van der Waals surface area contributed by atoms with Gasteiger partial charge < -0.3 is 9.13 Å². The van der Waals surface area contributed by atoms with Gasteiger partial charge in [-0.3, -0.25) is 0 Å². The van der Waals surface area contributed by atoms with E-state index in [4.69, 9.17) is 0 Å². The van der Waals surface area contributed by atoms with Crippen LogP contribution in [0.15, 0.2) is 194 Å². The molecule has 0 radical (unpaired) electrons. The molecule has 8 aromatic carbocycles. The van der Waals surface area contributed by atoms with Crippen LogP contribution in [0.1, 0.15) is 0 Å². The van der Waals surface area contributed by atoms with Crippen molar-refractivity contribution in [1.82, 2.24) is 9.13 Å². The Morgan fingerprint density at radius 3 is 1.38 bits per heavy atom. The van der Waals surface area contributed by atoms with E-state index in [9.17, 15) is 0 Å². The van der Waals surface area contributed by atoms with Crippen molar-refractivity contribution in [2.24, 2.45) is 0 Å². The molecule has 0 bridgehead atoms. The molecule has 10 rings (SSSR count). The smallest absolute Gasteiger partial charge is 0.0548 e. The molecule has 2 nitrogen and oxygen atoms in total. The molecular formula is C48H32N2. The van der Waals surface area contributed by atoms with Crippen LogP contribution in [-0.4, -0.2) is 9.13 Å². The number of hydrogen-bond acceptors (Lipinski definition) is 0. The lowest BCUT2D eigenvalue weighted by molar-refractivity contribution is 1.17. The van der Waals surface area contributed by atoms with Crippen molar-refractivity contribution in [2.45, 2.75) is 0 Å². The monoisotopic (exact) mass is 636 g/mol. The van der Waals surface area contributed by atoms with E-state index in [0.717, 1.165) is 11.4 Å². The molecule has 10 aromatic rings. The summed E-state index contributed by atoms with van der Waals surface area (Å²) in [4.78, 5) is 0. The Balaban J connectivity index is 1.25. The average Bonchev–Trinajstić information content (AvgIpc) is 3.71. The topological polar surface area (TPSA) is 9.86 Å². The summed E-state index contributed by atoms with van der Waals surface area (Å²) < 4.78 is 4.87. The maximum Gasteiger partial charge on any atom is 0.0548 e.